The standard InChI is InChI=1S/C17H21N5O2S/c1-2-8-22-16(13-5-3-7-18-10-13)20-21-17(22)25-12-15(23)19-11-14-6-4-9-24-14/h2-3,5,7,10,14H,1,4,6,8-9,11-12H2,(H,19,23). The number of pyridine rings is 1. The fourth-order valence-corrected chi connectivity index (χ4v) is 3.39. The van der Waals surface area contributed by atoms with Crippen LogP contribution in [0, 0.1) is 0 Å². The zero-order chi connectivity index (χ0) is 17.5. The van der Waals surface area contributed by atoms with Crippen LogP contribution in [0.15, 0.2) is 42.3 Å². The fraction of sp³-hybridized carbons (Fsp3) is 0.412. The maximum absolute atomic E-state index is 12.0. The van der Waals surface area contributed by atoms with Gasteiger partial charge in [0.15, 0.2) is 11.0 Å². The minimum atomic E-state index is -0.0309. The lowest BCUT2D eigenvalue weighted by Gasteiger charge is -2.11. The minimum Gasteiger partial charge on any atom is -0.376 e. The molecule has 3 rings (SSSR count). The summed E-state index contributed by atoms with van der Waals surface area (Å²) in [6, 6.07) is 3.78. The molecule has 1 fully saturated rings. The van der Waals surface area contributed by atoms with E-state index in [4.69, 9.17) is 4.74 Å². The van der Waals surface area contributed by atoms with Gasteiger partial charge in [-0.25, -0.2) is 0 Å². The normalized spacial score (nSPS) is 16.7. The van der Waals surface area contributed by atoms with Crippen molar-refractivity contribution in [3.05, 3.63) is 37.2 Å². The summed E-state index contributed by atoms with van der Waals surface area (Å²) in [5.41, 5.74) is 0.881. The Bertz CT molecular complexity index is 713. The Balaban J connectivity index is 1.60. The number of rotatable bonds is 8. The molecular formula is C17H21N5O2S. The molecule has 2 aromatic heterocycles. The van der Waals surface area contributed by atoms with E-state index in [1.54, 1.807) is 18.5 Å². The van der Waals surface area contributed by atoms with Gasteiger partial charge in [-0.3, -0.25) is 14.3 Å². The summed E-state index contributed by atoms with van der Waals surface area (Å²) in [4.78, 5) is 16.2. The molecule has 1 N–H and O–H groups in total. The van der Waals surface area contributed by atoms with Crippen molar-refractivity contribution >= 4 is 17.7 Å². The van der Waals surface area contributed by atoms with Crippen LogP contribution in [0.4, 0.5) is 0 Å². The largest absolute Gasteiger partial charge is 0.376 e. The molecule has 3 heterocycles. The number of aromatic nitrogens is 4. The Kier molecular flexibility index (Phi) is 6.19. The number of carbonyl (C=O) groups excluding carboxylic acids is 1. The summed E-state index contributed by atoms with van der Waals surface area (Å²) in [7, 11) is 0. The zero-order valence-electron chi connectivity index (χ0n) is 13.9. The van der Waals surface area contributed by atoms with Crippen LogP contribution in [0.3, 0.4) is 0 Å². The van der Waals surface area contributed by atoms with Crippen molar-refractivity contribution in [1.29, 1.82) is 0 Å². The third-order valence-corrected chi connectivity index (χ3v) is 4.80. The highest BCUT2D eigenvalue weighted by Crippen LogP contribution is 2.23. The molecule has 7 nitrogen and oxygen atoms in total. The van der Waals surface area contributed by atoms with E-state index in [1.165, 1.54) is 11.8 Å². The molecule has 132 valence electrons. The second-order valence-corrected chi connectivity index (χ2v) is 6.62. The molecule has 1 amide bonds. The lowest BCUT2D eigenvalue weighted by Crippen LogP contribution is -2.32. The number of allylic oxidation sites excluding steroid dienone is 1. The van der Waals surface area contributed by atoms with Crippen LogP contribution in [-0.4, -0.2) is 50.7 Å². The summed E-state index contributed by atoms with van der Waals surface area (Å²) in [6.45, 7) is 5.71. The lowest BCUT2D eigenvalue weighted by atomic mass is 10.2. The highest BCUT2D eigenvalue weighted by Gasteiger charge is 2.18. The van der Waals surface area contributed by atoms with Crippen molar-refractivity contribution in [1.82, 2.24) is 25.1 Å². The van der Waals surface area contributed by atoms with E-state index in [-0.39, 0.29) is 17.8 Å². The van der Waals surface area contributed by atoms with Gasteiger partial charge in [-0.2, -0.15) is 0 Å². The topological polar surface area (TPSA) is 81.9 Å². The van der Waals surface area contributed by atoms with Crippen molar-refractivity contribution in [3.63, 3.8) is 0 Å². The van der Waals surface area contributed by atoms with Gasteiger partial charge in [-0.1, -0.05) is 17.8 Å². The van der Waals surface area contributed by atoms with Crippen LogP contribution < -0.4 is 5.32 Å². The van der Waals surface area contributed by atoms with Crippen LogP contribution in [0.25, 0.3) is 11.4 Å². The average Bonchev–Trinajstić information content (AvgIpc) is 3.29. The predicted molar refractivity (Wildman–Crippen MR) is 96.2 cm³/mol. The van der Waals surface area contributed by atoms with E-state index in [9.17, 15) is 4.79 Å². The number of nitrogens with zero attached hydrogens (tertiary/aromatic N) is 4. The SMILES string of the molecule is C=CCn1c(SCC(=O)NCC2CCCO2)nnc1-c1cccnc1. The molecule has 0 radical (unpaired) electrons. The number of carbonyl (C=O) groups is 1. The molecule has 1 aliphatic heterocycles. The molecule has 8 heteroatoms. The number of hydrogen-bond donors (Lipinski definition) is 1. The maximum atomic E-state index is 12.0. The molecule has 0 aliphatic carbocycles. The van der Waals surface area contributed by atoms with Crippen molar-refractivity contribution in [2.24, 2.45) is 0 Å². The Morgan fingerprint density at radius 2 is 2.44 bits per heavy atom. The van der Waals surface area contributed by atoms with Crippen LogP contribution in [0.1, 0.15) is 12.8 Å². The van der Waals surface area contributed by atoms with E-state index in [1.807, 2.05) is 16.7 Å². The highest BCUT2D eigenvalue weighted by molar-refractivity contribution is 7.99. The van der Waals surface area contributed by atoms with Gasteiger partial charge in [0.2, 0.25) is 5.91 Å². The van der Waals surface area contributed by atoms with Crippen LogP contribution in [0.2, 0.25) is 0 Å². The summed E-state index contributed by atoms with van der Waals surface area (Å²) in [5.74, 6) is 0.974. The van der Waals surface area contributed by atoms with E-state index in [0.717, 1.165) is 30.8 Å². The summed E-state index contributed by atoms with van der Waals surface area (Å²) < 4.78 is 7.44. The molecule has 0 saturated carbocycles. The van der Waals surface area contributed by atoms with E-state index in [2.05, 4.69) is 27.1 Å². The molecule has 1 unspecified atom stereocenters. The molecule has 0 spiro atoms. The average molecular weight is 359 g/mol. The van der Waals surface area contributed by atoms with Crippen LogP contribution >= 0.6 is 11.8 Å². The number of hydrogen-bond acceptors (Lipinski definition) is 6. The molecule has 25 heavy (non-hydrogen) atoms. The molecular weight excluding hydrogens is 338 g/mol. The van der Waals surface area contributed by atoms with Gasteiger partial charge in [-0.15, -0.1) is 16.8 Å². The van der Waals surface area contributed by atoms with E-state index in [0.29, 0.717) is 18.2 Å². The summed E-state index contributed by atoms with van der Waals surface area (Å²) in [5, 5.41) is 12.1. The first-order valence-corrected chi connectivity index (χ1v) is 9.22. The number of nitrogens with one attached hydrogen (secondary N) is 1. The summed E-state index contributed by atoms with van der Waals surface area (Å²) >= 11 is 1.36. The zero-order valence-corrected chi connectivity index (χ0v) is 14.7. The van der Waals surface area contributed by atoms with E-state index >= 15 is 0 Å². The molecule has 0 bridgehead atoms. The van der Waals surface area contributed by atoms with Crippen LogP contribution in [-0.2, 0) is 16.1 Å². The van der Waals surface area contributed by atoms with Gasteiger partial charge in [0.05, 0.1) is 11.9 Å². The first-order valence-electron chi connectivity index (χ1n) is 8.23. The van der Waals surface area contributed by atoms with Crippen molar-refractivity contribution in [2.75, 3.05) is 18.9 Å². The summed E-state index contributed by atoms with van der Waals surface area (Å²) in [6.07, 6.45) is 7.46. The third-order valence-electron chi connectivity index (χ3n) is 3.83. The molecule has 0 aromatic carbocycles. The molecule has 1 atom stereocenters. The van der Waals surface area contributed by atoms with Crippen molar-refractivity contribution in [2.45, 2.75) is 30.6 Å². The molecule has 1 saturated heterocycles. The lowest BCUT2D eigenvalue weighted by molar-refractivity contribution is -0.119. The Labute approximate surface area is 150 Å². The van der Waals surface area contributed by atoms with Gasteiger partial charge in [0.1, 0.15) is 0 Å². The fourth-order valence-electron chi connectivity index (χ4n) is 2.61. The van der Waals surface area contributed by atoms with Gasteiger partial charge in [-0.05, 0) is 25.0 Å². The van der Waals surface area contributed by atoms with Crippen molar-refractivity contribution in [3.8, 4) is 11.4 Å². The predicted octanol–water partition coefficient (Wildman–Crippen LogP) is 1.91. The number of thioether (sulfide) groups is 1. The highest BCUT2D eigenvalue weighted by atomic mass is 32.2. The Hall–Kier alpha value is -2.19. The number of ether oxygens (including phenoxy) is 1. The second-order valence-electron chi connectivity index (χ2n) is 5.67. The van der Waals surface area contributed by atoms with Crippen molar-refractivity contribution < 1.29 is 9.53 Å². The Morgan fingerprint density at radius 1 is 1.52 bits per heavy atom. The van der Waals surface area contributed by atoms with Gasteiger partial charge in [0, 0.05) is 37.7 Å². The van der Waals surface area contributed by atoms with Crippen LogP contribution in [0.5, 0.6) is 0 Å². The third kappa shape index (κ3) is 4.67. The van der Waals surface area contributed by atoms with Gasteiger partial charge < -0.3 is 10.1 Å². The smallest absolute Gasteiger partial charge is 0.230 e. The van der Waals surface area contributed by atoms with Gasteiger partial charge >= 0.3 is 0 Å². The monoisotopic (exact) mass is 359 g/mol. The van der Waals surface area contributed by atoms with E-state index < -0.39 is 0 Å². The first kappa shape index (κ1) is 17.6. The Morgan fingerprint density at radius 3 is 3.16 bits per heavy atom. The van der Waals surface area contributed by atoms with Gasteiger partial charge in [0.25, 0.3) is 0 Å². The second kappa shape index (κ2) is 8.77. The number of amides is 1. The quantitative estimate of drug-likeness (QED) is 0.573. The maximum Gasteiger partial charge on any atom is 0.230 e. The molecule has 2 aromatic rings. The first-order chi connectivity index (χ1) is 12.3. The minimum absolute atomic E-state index is 0.0309. The molecule has 1 aliphatic rings.